The molecule has 1 rings (SSSR count). The van der Waals surface area contributed by atoms with Gasteiger partial charge in [0, 0.05) is 25.6 Å². The van der Waals surface area contributed by atoms with Crippen molar-refractivity contribution in [1.82, 2.24) is 5.32 Å². The lowest BCUT2D eigenvalue weighted by molar-refractivity contribution is -0.120. The van der Waals surface area contributed by atoms with Crippen LogP contribution in [0, 0.1) is 0 Å². The highest BCUT2D eigenvalue weighted by Gasteiger charge is 1.99. The molecule has 0 bridgehead atoms. The smallest absolute Gasteiger partial charge is 0.221 e. The normalized spacial score (nSPS) is 9.89. The van der Waals surface area contributed by atoms with E-state index in [0.29, 0.717) is 26.1 Å². The molecule has 0 aliphatic carbocycles. The van der Waals surface area contributed by atoms with Crippen LogP contribution in [0.15, 0.2) is 24.3 Å². The molecule has 1 aromatic rings. The number of ether oxygens (including phenoxy) is 2. The van der Waals surface area contributed by atoms with E-state index < -0.39 is 0 Å². The Kier molecular flexibility index (Phi) is 6.64. The minimum atomic E-state index is -0.0149. The van der Waals surface area contributed by atoms with Crippen molar-refractivity contribution >= 4 is 5.91 Å². The van der Waals surface area contributed by atoms with Crippen LogP contribution in [0.4, 0.5) is 0 Å². The number of rotatable bonds is 8. The van der Waals surface area contributed by atoms with Gasteiger partial charge in [-0.3, -0.25) is 4.79 Å². The fraction of sp³-hybridized carbons (Fsp3) is 0.462. The Bertz CT molecular complexity index is 369. The van der Waals surface area contributed by atoms with E-state index in [1.807, 2.05) is 24.3 Å². The Labute approximate surface area is 107 Å². The lowest BCUT2D eigenvalue weighted by Gasteiger charge is -2.08. The molecule has 0 heterocycles. The van der Waals surface area contributed by atoms with Crippen LogP contribution < -0.4 is 20.5 Å². The summed E-state index contributed by atoms with van der Waals surface area (Å²) < 4.78 is 10.6. The van der Waals surface area contributed by atoms with E-state index >= 15 is 0 Å². The Balaban J connectivity index is 2.15. The zero-order chi connectivity index (χ0) is 13.2. The molecule has 5 nitrogen and oxygen atoms in total. The van der Waals surface area contributed by atoms with Gasteiger partial charge in [-0.05, 0) is 18.6 Å². The van der Waals surface area contributed by atoms with Gasteiger partial charge in [0.15, 0.2) is 0 Å². The molecule has 5 heteroatoms. The summed E-state index contributed by atoms with van der Waals surface area (Å²) in [7, 11) is 1.62. The molecule has 3 N–H and O–H groups in total. The molecular weight excluding hydrogens is 232 g/mol. The van der Waals surface area contributed by atoms with Crippen LogP contribution in [-0.4, -0.2) is 32.7 Å². The van der Waals surface area contributed by atoms with Gasteiger partial charge < -0.3 is 20.5 Å². The van der Waals surface area contributed by atoms with Crippen molar-refractivity contribution in [2.75, 3.05) is 26.8 Å². The summed E-state index contributed by atoms with van der Waals surface area (Å²) in [6.07, 6.45) is 1.13. The molecule has 18 heavy (non-hydrogen) atoms. The zero-order valence-corrected chi connectivity index (χ0v) is 10.6. The summed E-state index contributed by atoms with van der Waals surface area (Å²) in [5.41, 5.74) is 5.27. The Morgan fingerprint density at radius 2 is 2.17 bits per heavy atom. The van der Waals surface area contributed by atoms with Gasteiger partial charge in [-0.25, -0.2) is 0 Å². The second-order valence-corrected chi connectivity index (χ2v) is 3.77. The summed E-state index contributed by atoms with van der Waals surface area (Å²) in [5.74, 6) is 1.52. The van der Waals surface area contributed by atoms with Gasteiger partial charge in [0.05, 0.1) is 13.7 Å². The minimum Gasteiger partial charge on any atom is -0.497 e. The van der Waals surface area contributed by atoms with Gasteiger partial charge >= 0.3 is 0 Å². The van der Waals surface area contributed by atoms with E-state index in [4.69, 9.17) is 15.2 Å². The third-order valence-electron chi connectivity index (χ3n) is 2.32. The van der Waals surface area contributed by atoms with Gasteiger partial charge in [0.25, 0.3) is 0 Å². The highest BCUT2D eigenvalue weighted by Crippen LogP contribution is 2.18. The quantitative estimate of drug-likeness (QED) is 0.675. The predicted octanol–water partition coefficient (Wildman–Crippen LogP) is 0.929. The summed E-state index contributed by atoms with van der Waals surface area (Å²) in [6.45, 7) is 1.53. The molecule has 0 aliphatic rings. The highest BCUT2D eigenvalue weighted by molar-refractivity contribution is 5.75. The maximum absolute atomic E-state index is 11.1. The van der Waals surface area contributed by atoms with E-state index in [2.05, 4.69) is 5.32 Å². The van der Waals surface area contributed by atoms with E-state index in [-0.39, 0.29) is 5.91 Å². The average Bonchev–Trinajstić information content (AvgIpc) is 2.39. The summed E-state index contributed by atoms with van der Waals surface area (Å²) in [5, 5.41) is 2.77. The molecule has 0 saturated carbocycles. The number of amides is 1. The Morgan fingerprint density at radius 1 is 1.39 bits per heavy atom. The molecule has 100 valence electrons. The SMILES string of the molecule is COc1cccc(OCCCNC(=O)CCN)c1. The first-order valence-electron chi connectivity index (χ1n) is 6.00. The largest absolute Gasteiger partial charge is 0.497 e. The van der Waals surface area contributed by atoms with Crippen molar-refractivity contribution in [1.29, 1.82) is 0 Å². The van der Waals surface area contributed by atoms with Crippen LogP contribution >= 0.6 is 0 Å². The first kappa shape index (κ1) is 14.3. The fourth-order valence-electron chi connectivity index (χ4n) is 1.40. The predicted molar refractivity (Wildman–Crippen MR) is 69.8 cm³/mol. The number of nitrogens with one attached hydrogen (secondary N) is 1. The zero-order valence-electron chi connectivity index (χ0n) is 10.6. The number of hydrogen-bond acceptors (Lipinski definition) is 4. The van der Waals surface area contributed by atoms with Crippen LogP contribution in [0.3, 0.4) is 0 Å². The molecule has 1 aromatic carbocycles. The lowest BCUT2D eigenvalue weighted by atomic mass is 10.3. The molecule has 0 atom stereocenters. The molecule has 0 aliphatic heterocycles. The van der Waals surface area contributed by atoms with Crippen LogP contribution in [0.25, 0.3) is 0 Å². The van der Waals surface area contributed by atoms with Crippen LogP contribution in [-0.2, 0) is 4.79 Å². The van der Waals surface area contributed by atoms with E-state index in [0.717, 1.165) is 17.9 Å². The van der Waals surface area contributed by atoms with Crippen molar-refractivity contribution in [3.05, 3.63) is 24.3 Å². The summed E-state index contributed by atoms with van der Waals surface area (Å²) in [4.78, 5) is 11.1. The molecule has 1 amide bonds. The van der Waals surface area contributed by atoms with Crippen LogP contribution in [0.5, 0.6) is 11.5 Å². The average molecular weight is 252 g/mol. The monoisotopic (exact) mass is 252 g/mol. The third kappa shape index (κ3) is 5.54. The Hall–Kier alpha value is -1.75. The number of nitrogens with two attached hydrogens (primary N) is 1. The lowest BCUT2D eigenvalue weighted by Crippen LogP contribution is -2.27. The van der Waals surface area contributed by atoms with Gasteiger partial charge in [-0.2, -0.15) is 0 Å². The van der Waals surface area contributed by atoms with E-state index in [9.17, 15) is 4.79 Å². The highest BCUT2D eigenvalue weighted by atomic mass is 16.5. The Morgan fingerprint density at radius 3 is 2.89 bits per heavy atom. The van der Waals surface area contributed by atoms with Crippen molar-refractivity contribution in [3.8, 4) is 11.5 Å². The van der Waals surface area contributed by atoms with Crippen molar-refractivity contribution in [3.63, 3.8) is 0 Å². The number of methoxy groups -OCH3 is 1. The third-order valence-corrected chi connectivity index (χ3v) is 2.32. The second-order valence-electron chi connectivity index (χ2n) is 3.77. The molecule has 0 aromatic heterocycles. The first-order valence-corrected chi connectivity index (χ1v) is 6.00. The summed E-state index contributed by atoms with van der Waals surface area (Å²) in [6, 6.07) is 7.43. The fourth-order valence-corrected chi connectivity index (χ4v) is 1.40. The summed E-state index contributed by atoms with van der Waals surface area (Å²) >= 11 is 0. The first-order chi connectivity index (χ1) is 8.76. The standard InChI is InChI=1S/C13H20N2O3/c1-17-11-4-2-5-12(10-11)18-9-3-8-15-13(16)6-7-14/h2,4-5,10H,3,6-9,14H2,1H3,(H,15,16). The van der Waals surface area contributed by atoms with Crippen LogP contribution in [0.2, 0.25) is 0 Å². The maximum Gasteiger partial charge on any atom is 0.221 e. The van der Waals surface area contributed by atoms with E-state index in [1.165, 1.54) is 0 Å². The van der Waals surface area contributed by atoms with Crippen molar-refractivity contribution < 1.29 is 14.3 Å². The molecule has 0 fully saturated rings. The second kappa shape index (κ2) is 8.36. The van der Waals surface area contributed by atoms with Gasteiger partial charge in [-0.1, -0.05) is 6.07 Å². The number of carbonyl (C=O) groups is 1. The maximum atomic E-state index is 11.1. The van der Waals surface area contributed by atoms with Gasteiger partial charge in [0.2, 0.25) is 5.91 Å². The van der Waals surface area contributed by atoms with E-state index in [1.54, 1.807) is 7.11 Å². The molecule has 0 saturated heterocycles. The minimum absolute atomic E-state index is 0.0149. The molecular formula is C13H20N2O3. The van der Waals surface area contributed by atoms with Gasteiger partial charge in [-0.15, -0.1) is 0 Å². The topological polar surface area (TPSA) is 73.6 Å². The number of carbonyl (C=O) groups excluding carboxylic acids is 1. The van der Waals surface area contributed by atoms with Crippen molar-refractivity contribution in [2.45, 2.75) is 12.8 Å². The van der Waals surface area contributed by atoms with Crippen LogP contribution in [0.1, 0.15) is 12.8 Å². The molecule has 0 spiro atoms. The van der Waals surface area contributed by atoms with Gasteiger partial charge in [0.1, 0.15) is 11.5 Å². The number of hydrogen-bond donors (Lipinski definition) is 2. The molecule has 0 unspecified atom stereocenters. The number of benzene rings is 1. The molecule has 0 radical (unpaired) electrons. The van der Waals surface area contributed by atoms with Crippen molar-refractivity contribution in [2.24, 2.45) is 5.73 Å².